The number of hydrogen-bond acceptors (Lipinski definition) is 2. The van der Waals surface area contributed by atoms with E-state index in [1.807, 2.05) is 12.1 Å². The molecule has 0 aliphatic heterocycles. The van der Waals surface area contributed by atoms with E-state index in [4.69, 9.17) is 17.3 Å². The molecule has 0 spiro atoms. The number of anilines is 1. The minimum atomic E-state index is 0.589. The number of aromatic nitrogens is 2. The first kappa shape index (κ1) is 13.7. The molecule has 1 heterocycles. The topological polar surface area (TPSA) is 43.8 Å². The minimum absolute atomic E-state index is 0.589. The smallest absolute Gasteiger partial charge is 0.201 e. The lowest BCUT2D eigenvalue weighted by molar-refractivity contribution is 0.250. The number of nitrogens with two attached hydrogens (primary N) is 1. The molecule has 3 rings (SSSR count). The number of benzene rings is 1. The number of nitrogen functional groups attached to an aromatic ring is 1. The summed E-state index contributed by atoms with van der Waals surface area (Å²) in [6.45, 7) is 3.27. The van der Waals surface area contributed by atoms with Crippen LogP contribution in [0.1, 0.15) is 39.0 Å². The van der Waals surface area contributed by atoms with Gasteiger partial charge in [0.05, 0.1) is 10.5 Å². The van der Waals surface area contributed by atoms with Crippen LogP contribution in [0.3, 0.4) is 0 Å². The zero-order valence-corrected chi connectivity index (χ0v) is 12.7. The number of imidazole rings is 1. The van der Waals surface area contributed by atoms with Gasteiger partial charge < -0.3 is 10.3 Å². The van der Waals surface area contributed by atoms with Crippen molar-refractivity contribution in [3.05, 3.63) is 23.2 Å². The first-order valence-electron chi connectivity index (χ1n) is 7.59. The van der Waals surface area contributed by atoms with Crippen LogP contribution in [0.25, 0.3) is 11.0 Å². The number of nitrogens with zero attached hydrogens (tertiary/aromatic N) is 2. The van der Waals surface area contributed by atoms with Crippen molar-refractivity contribution in [3.63, 3.8) is 0 Å². The van der Waals surface area contributed by atoms with E-state index in [1.165, 1.54) is 32.1 Å². The maximum atomic E-state index is 6.19. The van der Waals surface area contributed by atoms with Crippen molar-refractivity contribution in [1.82, 2.24) is 9.55 Å². The van der Waals surface area contributed by atoms with Gasteiger partial charge in [0.1, 0.15) is 5.52 Å². The highest BCUT2D eigenvalue weighted by Gasteiger charge is 2.22. The second-order valence-corrected chi connectivity index (χ2v) is 6.39. The zero-order valence-electron chi connectivity index (χ0n) is 12.0. The Bertz CT molecular complexity index is 597. The van der Waals surface area contributed by atoms with Crippen molar-refractivity contribution in [1.29, 1.82) is 0 Å². The van der Waals surface area contributed by atoms with Gasteiger partial charge in [-0.3, -0.25) is 0 Å². The number of hydrogen-bond donors (Lipinski definition) is 1. The van der Waals surface area contributed by atoms with E-state index in [2.05, 4.69) is 22.5 Å². The van der Waals surface area contributed by atoms with E-state index >= 15 is 0 Å². The summed E-state index contributed by atoms with van der Waals surface area (Å²) in [5.41, 5.74) is 7.98. The lowest BCUT2D eigenvalue weighted by Gasteiger charge is -2.28. The highest BCUT2D eigenvalue weighted by Crippen LogP contribution is 2.33. The van der Waals surface area contributed by atoms with Gasteiger partial charge >= 0.3 is 0 Å². The van der Waals surface area contributed by atoms with E-state index in [0.29, 0.717) is 11.0 Å². The normalized spacial score (nSPS) is 23.3. The molecule has 1 aromatic carbocycles. The van der Waals surface area contributed by atoms with Crippen molar-refractivity contribution < 1.29 is 0 Å². The summed E-state index contributed by atoms with van der Waals surface area (Å²) in [7, 11) is 0. The summed E-state index contributed by atoms with van der Waals surface area (Å²) in [5.74, 6) is 2.24. The Morgan fingerprint density at radius 2 is 1.95 bits per heavy atom. The van der Waals surface area contributed by atoms with Crippen LogP contribution in [-0.4, -0.2) is 9.55 Å². The summed E-state index contributed by atoms with van der Waals surface area (Å²) < 4.78 is 2.14. The van der Waals surface area contributed by atoms with E-state index in [-0.39, 0.29) is 0 Å². The minimum Gasteiger partial charge on any atom is -0.369 e. The van der Waals surface area contributed by atoms with Crippen LogP contribution in [-0.2, 0) is 6.54 Å². The summed E-state index contributed by atoms with van der Waals surface area (Å²) in [6, 6.07) is 5.89. The molecule has 0 atom stereocenters. The molecule has 4 heteroatoms. The van der Waals surface area contributed by atoms with Crippen molar-refractivity contribution in [2.45, 2.75) is 45.6 Å². The molecule has 1 aliphatic carbocycles. The summed E-state index contributed by atoms with van der Waals surface area (Å²) in [6.07, 6.45) is 6.64. The lowest BCUT2D eigenvalue weighted by Crippen LogP contribution is -2.19. The largest absolute Gasteiger partial charge is 0.369 e. The fraction of sp³-hybridized carbons (Fsp3) is 0.562. The van der Waals surface area contributed by atoms with Gasteiger partial charge in [0.2, 0.25) is 5.95 Å². The predicted molar refractivity (Wildman–Crippen MR) is 84.9 cm³/mol. The van der Waals surface area contributed by atoms with Crippen LogP contribution in [0.15, 0.2) is 18.2 Å². The van der Waals surface area contributed by atoms with Crippen LogP contribution in [0.4, 0.5) is 5.95 Å². The third-order valence-corrected chi connectivity index (χ3v) is 5.05. The van der Waals surface area contributed by atoms with E-state index in [9.17, 15) is 0 Å². The molecule has 1 aromatic heterocycles. The highest BCUT2D eigenvalue weighted by atomic mass is 35.5. The van der Waals surface area contributed by atoms with Crippen LogP contribution >= 0.6 is 11.6 Å². The maximum Gasteiger partial charge on any atom is 0.201 e. The first-order chi connectivity index (χ1) is 9.69. The molecule has 3 nitrogen and oxygen atoms in total. The van der Waals surface area contributed by atoms with Gasteiger partial charge in [0.25, 0.3) is 0 Å². The Labute approximate surface area is 125 Å². The monoisotopic (exact) mass is 291 g/mol. The maximum absolute atomic E-state index is 6.19. The summed E-state index contributed by atoms with van der Waals surface area (Å²) >= 11 is 6.19. The number of fused-ring (bicyclic) bond motifs is 1. The van der Waals surface area contributed by atoms with E-state index in [1.54, 1.807) is 0 Å². The summed E-state index contributed by atoms with van der Waals surface area (Å²) in [4.78, 5) is 4.42. The molecule has 20 heavy (non-hydrogen) atoms. The Hall–Kier alpha value is -1.22. The molecule has 1 saturated carbocycles. The molecule has 0 amide bonds. The fourth-order valence-corrected chi connectivity index (χ4v) is 3.61. The SMILES string of the molecule is CCC1CCC(Cn2c(N)nc3c(Cl)cccc32)CC1. The molecular weight excluding hydrogens is 270 g/mol. The van der Waals surface area contributed by atoms with Gasteiger partial charge in [-0.1, -0.05) is 43.9 Å². The second-order valence-electron chi connectivity index (χ2n) is 5.98. The van der Waals surface area contributed by atoms with Crippen LogP contribution < -0.4 is 5.73 Å². The third kappa shape index (κ3) is 2.51. The van der Waals surface area contributed by atoms with E-state index in [0.717, 1.165) is 29.4 Å². The molecular formula is C16H22ClN3. The average molecular weight is 292 g/mol. The standard InChI is InChI=1S/C16H22ClN3/c1-2-11-6-8-12(9-7-11)10-20-14-5-3-4-13(17)15(14)19-16(20)18/h3-5,11-12H,2,6-10H2,1H3,(H2,18,19). The Balaban J connectivity index is 1.81. The molecule has 2 aromatic rings. The Morgan fingerprint density at radius 3 is 2.65 bits per heavy atom. The molecule has 0 radical (unpaired) electrons. The molecule has 108 valence electrons. The molecule has 0 saturated heterocycles. The number of rotatable bonds is 3. The van der Waals surface area contributed by atoms with E-state index < -0.39 is 0 Å². The van der Waals surface area contributed by atoms with Crippen molar-refractivity contribution in [2.75, 3.05) is 5.73 Å². The predicted octanol–water partition coefficient (Wildman–Crippen LogP) is 4.49. The van der Waals surface area contributed by atoms with Crippen molar-refractivity contribution in [2.24, 2.45) is 11.8 Å². The number of para-hydroxylation sites is 1. The molecule has 2 N–H and O–H groups in total. The van der Waals surface area contributed by atoms with Crippen molar-refractivity contribution >= 4 is 28.6 Å². The quantitative estimate of drug-likeness (QED) is 0.905. The number of halogens is 1. The van der Waals surface area contributed by atoms with Gasteiger partial charge in [-0.2, -0.15) is 0 Å². The van der Waals surface area contributed by atoms with Gasteiger partial charge in [0, 0.05) is 6.54 Å². The third-order valence-electron chi connectivity index (χ3n) is 4.74. The fourth-order valence-electron chi connectivity index (χ4n) is 3.40. The first-order valence-corrected chi connectivity index (χ1v) is 7.97. The Morgan fingerprint density at radius 1 is 1.25 bits per heavy atom. The van der Waals surface area contributed by atoms with Crippen LogP contribution in [0.5, 0.6) is 0 Å². The molecule has 0 unspecified atom stereocenters. The van der Waals surface area contributed by atoms with Gasteiger partial charge in [-0.05, 0) is 36.8 Å². The van der Waals surface area contributed by atoms with Gasteiger partial charge in [-0.15, -0.1) is 0 Å². The molecule has 1 fully saturated rings. The second kappa shape index (κ2) is 5.65. The van der Waals surface area contributed by atoms with Gasteiger partial charge in [0.15, 0.2) is 0 Å². The highest BCUT2D eigenvalue weighted by molar-refractivity contribution is 6.35. The summed E-state index contributed by atoms with van der Waals surface area (Å²) in [5, 5.41) is 0.683. The average Bonchev–Trinajstić information content (AvgIpc) is 2.78. The Kier molecular flexibility index (Phi) is 3.88. The zero-order chi connectivity index (χ0) is 14.1. The van der Waals surface area contributed by atoms with Crippen molar-refractivity contribution in [3.8, 4) is 0 Å². The van der Waals surface area contributed by atoms with Crippen LogP contribution in [0.2, 0.25) is 5.02 Å². The van der Waals surface area contributed by atoms with Gasteiger partial charge in [-0.25, -0.2) is 4.98 Å². The van der Waals surface area contributed by atoms with Crippen LogP contribution in [0, 0.1) is 11.8 Å². The molecule has 0 bridgehead atoms. The lowest BCUT2D eigenvalue weighted by atomic mass is 9.81. The molecule has 1 aliphatic rings.